The van der Waals surface area contributed by atoms with Crippen LogP contribution in [0.25, 0.3) is 21.2 Å². The molecule has 198 valence electrons. The Hall–Kier alpha value is -3.00. The predicted molar refractivity (Wildman–Crippen MR) is 153 cm³/mol. The maximum atomic E-state index is 14.6. The Bertz CT molecular complexity index is 1470. The van der Waals surface area contributed by atoms with Crippen LogP contribution in [0.1, 0.15) is 46.6 Å². The molecule has 0 bridgehead atoms. The van der Waals surface area contributed by atoms with Crippen LogP contribution in [0.3, 0.4) is 0 Å². The standard InChI is InChI=1S/C30H31ClFN3O2S/c1-18-15-20(13-14-34-18)19-7-12-25(37-3)21(16-19)17-35(23-10-8-22(33-2)9-11-23)30(36)29-28(31)27-24(32)5-4-6-26(27)38-29/h4-7,12-16,22-23,33H,8-11,17H2,1-3H3/t22-,23+. The molecule has 1 aliphatic carbocycles. The summed E-state index contributed by atoms with van der Waals surface area (Å²) in [6, 6.07) is 15.4. The first-order chi connectivity index (χ1) is 18.4. The minimum atomic E-state index is -0.411. The van der Waals surface area contributed by atoms with Gasteiger partial charge in [-0.25, -0.2) is 4.39 Å². The highest BCUT2D eigenvalue weighted by molar-refractivity contribution is 7.21. The van der Waals surface area contributed by atoms with Crippen molar-refractivity contribution >= 4 is 38.9 Å². The van der Waals surface area contributed by atoms with Gasteiger partial charge in [0.2, 0.25) is 0 Å². The van der Waals surface area contributed by atoms with Gasteiger partial charge in [-0.15, -0.1) is 11.3 Å². The van der Waals surface area contributed by atoms with E-state index in [1.54, 1.807) is 25.4 Å². The molecule has 4 aromatic rings. The summed E-state index contributed by atoms with van der Waals surface area (Å²) < 4.78 is 21.0. The monoisotopic (exact) mass is 551 g/mol. The number of carbonyl (C=O) groups excluding carboxylic acids is 1. The lowest BCUT2D eigenvalue weighted by molar-refractivity contribution is 0.0604. The lowest BCUT2D eigenvalue weighted by Crippen LogP contribution is -2.44. The zero-order valence-electron chi connectivity index (χ0n) is 21.8. The van der Waals surface area contributed by atoms with Gasteiger partial charge in [0, 0.05) is 46.2 Å². The summed E-state index contributed by atoms with van der Waals surface area (Å²) in [6.45, 7) is 2.33. The van der Waals surface area contributed by atoms with E-state index < -0.39 is 5.82 Å². The number of aryl methyl sites for hydroxylation is 1. The number of ether oxygens (including phenoxy) is 1. The van der Waals surface area contributed by atoms with E-state index in [0.29, 0.717) is 27.5 Å². The number of rotatable bonds is 7. The smallest absolute Gasteiger partial charge is 0.266 e. The lowest BCUT2D eigenvalue weighted by atomic mass is 9.89. The van der Waals surface area contributed by atoms with Gasteiger partial charge >= 0.3 is 0 Å². The maximum absolute atomic E-state index is 14.6. The molecule has 0 radical (unpaired) electrons. The summed E-state index contributed by atoms with van der Waals surface area (Å²) in [5.74, 6) is 0.135. The third-order valence-corrected chi connectivity index (χ3v) is 9.09. The molecule has 0 aliphatic heterocycles. The number of hydrogen-bond acceptors (Lipinski definition) is 5. The van der Waals surface area contributed by atoms with E-state index in [4.69, 9.17) is 16.3 Å². The molecule has 38 heavy (non-hydrogen) atoms. The number of carbonyl (C=O) groups is 1. The molecule has 1 saturated carbocycles. The van der Waals surface area contributed by atoms with E-state index in [0.717, 1.165) is 53.8 Å². The Balaban J connectivity index is 1.55. The SMILES string of the molecule is CN[C@H]1CC[C@@H](N(Cc2cc(-c3ccnc(C)c3)ccc2OC)C(=O)c2sc3cccc(F)c3c2Cl)CC1. The Morgan fingerprint density at radius 1 is 1.16 bits per heavy atom. The zero-order chi connectivity index (χ0) is 26.8. The highest BCUT2D eigenvalue weighted by Gasteiger charge is 2.32. The summed E-state index contributed by atoms with van der Waals surface area (Å²) in [5, 5.41) is 3.87. The molecule has 2 heterocycles. The minimum Gasteiger partial charge on any atom is -0.496 e. The van der Waals surface area contributed by atoms with E-state index in [1.165, 1.54) is 17.4 Å². The molecule has 5 nitrogen and oxygen atoms in total. The van der Waals surface area contributed by atoms with Crippen molar-refractivity contribution < 1.29 is 13.9 Å². The van der Waals surface area contributed by atoms with E-state index in [9.17, 15) is 9.18 Å². The van der Waals surface area contributed by atoms with Crippen LogP contribution in [-0.2, 0) is 6.54 Å². The Morgan fingerprint density at radius 3 is 2.61 bits per heavy atom. The molecule has 0 atom stereocenters. The number of nitrogens with one attached hydrogen (secondary N) is 1. The third kappa shape index (κ3) is 5.28. The Kier molecular flexibility index (Phi) is 7.98. The van der Waals surface area contributed by atoms with E-state index in [1.807, 2.05) is 43.1 Å². The van der Waals surface area contributed by atoms with Gasteiger partial charge < -0.3 is 15.0 Å². The van der Waals surface area contributed by atoms with Crippen LogP contribution in [-0.4, -0.2) is 42.0 Å². The molecule has 1 amide bonds. The summed E-state index contributed by atoms with van der Waals surface area (Å²) >= 11 is 7.90. The topological polar surface area (TPSA) is 54.5 Å². The van der Waals surface area contributed by atoms with Crippen LogP contribution in [0.15, 0.2) is 54.7 Å². The molecule has 1 N–H and O–H groups in total. The minimum absolute atomic E-state index is 0.0368. The van der Waals surface area contributed by atoms with Gasteiger partial charge in [0.1, 0.15) is 16.4 Å². The van der Waals surface area contributed by atoms with Crippen molar-refractivity contribution in [3.63, 3.8) is 0 Å². The molecule has 0 saturated heterocycles. The number of halogens is 2. The Morgan fingerprint density at radius 2 is 1.92 bits per heavy atom. The van der Waals surface area contributed by atoms with E-state index >= 15 is 0 Å². The van der Waals surface area contributed by atoms with Crippen LogP contribution in [0.2, 0.25) is 5.02 Å². The van der Waals surface area contributed by atoms with Crippen molar-refractivity contribution in [2.24, 2.45) is 0 Å². The normalized spacial score (nSPS) is 17.5. The first-order valence-corrected chi connectivity index (χ1v) is 14.0. The molecule has 2 aromatic carbocycles. The number of nitrogens with zero attached hydrogens (tertiary/aromatic N) is 2. The first kappa shape index (κ1) is 26.6. The second kappa shape index (κ2) is 11.4. The lowest BCUT2D eigenvalue weighted by Gasteiger charge is -2.37. The molecule has 1 aliphatic rings. The second-order valence-corrected chi connectivity index (χ2v) is 11.2. The van der Waals surface area contributed by atoms with Crippen LogP contribution < -0.4 is 10.1 Å². The summed E-state index contributed by atoms with van der Waals surface area (Å²) in [5.41, 5.74) is 3.92. The molecular weight excluding hydrogens is 521 g/mol. The second-order valence-electron chi connectivity index (χ2n) is 9.80. The van der Waals surface area contributed by atoms with E-state index in [2.05, 4.69) is 16.4 Å². The van der Waals surface area contributed by atoms with Gasteiger partial charge in [0.25, 0.3) is 5.91 Å². The fourth-order valence-corrected chi connectivity index (χ4v) is 6.88. The first-order valence-electron chi connectivity index (χ1n) is 12.8. The van der Waals surface area contributed by atoms with Crippen molar-refractivity contribution in [3.8, 4) is 16.9 Å². The van der Waals surface area contributed by atoms with Crippen LogP contribution >= 0.6 is 22.9 Å². The van der Waals surface area contributed by atoms with Gasteiger partial charge in [0.05, 0.1) is 12.1 Å². The molecular formula is C30H31ClFN3O2S. The summed E-state index contributed by atoms with van der Waals surface area (Å²) in [7, 11) is 3.63. The fourth-order valence-electron chi connectivity index (χ4n) is 5.37. The maximum Gasteiger partial charge on any atom is 0.266 e. The molecule has 1 fully saturated rings. The highest BCUT2D eigenvalue weighted by Crippen LogP contribution is 2.39. The van der Waals surface area contributed by atoms with Crippen molar-refractivity contribution in [2.45, 2.75) is 51.2 Å². The molecule has 0 unspecified atom stereocenters. The average Bonchev–Trinajstić information content (AvgIpc) is 3.28. The molecule has 0 spiro atoms. The highest BCUT2D eigenvalue weighted by atomic mass is 35.5. The number of hydrogen-bond donors (Lipinski definition) is 1. The van der Waals surface area contributed by atoms with Crippen LogP contribution in [0.5, 0.6) is 5.75 Å². The summed E-state index contributed by atoms with van der Waals surface area (Å²) in [4.78, 5) is 20.8. The number of fused-ring (bicyclic) bond motifs is 1. The van der Waals surface area contributed by atoms with Crippen molar-refractivity contribution in [2.75, 3.05) is 14.2 Å². The number of amides is 1. The summed E-state index contributed by atoms with van der Waals surface area (Å²) in [6.07, 6.45) is 5.51. The number of aromatic nitrogens is 1. The van der Waals surface area contributed by atoms with Crippen molar-refractivity contribution in [3.05, 3.63) is 81.7 Å². The van der Waals surface area contributed by atoms with Crippen LogP contribution in [0.4, 0.5) is 4.39 Å². The quantitative estimate of drug-likeness (QED) is 0.263. The Labute approximate surface area is 231 Å². The molecule has 5 rings (SSSR count). The zero-order valence-corrected chi connectivity index (χ0v) is 23.3. The van der Waals surface area contributed by atoms with E-state index in [-0.39, 0.29) is 17.0 Å². The van der Waals surface area contributed by atoms with Crippen molar-refractivity contribution in [1.82, 2.24) is 15.2 Å². The van der Waals surface area contributed by atoms with Gasteiger partial charge in [-0.1, -0.05) is 23.7 Å². The van der Waals surface area contributed by atoms with Gasteiger partial charge in [0.15, 0.2) is 0 Å². The van der Waals surface area contributed by atoms with Gasteiger partial charge in [-0.2, -0.15) is 0 Å². The third-order valence-electron chi connectivity index (χ3n) is 7.46. The van der Waals surface area contributed by atoms with Gasteiger partial charge in [-0.3, -0.25) is 9.78 Å². The van der Waals surface area contributed by atoms with Gasteiger partial charge in [-0.05, 0) is 87.2 Å². The molecule has 8 heteroatoms. The number of benzene rings is 2. The number of methoxy groups -OCH3 is 1. The molecule has 2 aromatic heterocycles. The van der Waals surface area contributed by atoms with Crippen LogP contribution in [0, 0.1) is 12.7 Å². The predicted octanol–water partition coefficient (Wildman–Crippen LogP) is 7.25. The average molecular weight is 552 g/mol. The fraction of sp³-hybridized carbons (Fsp3) is 0.333. The largest absolute Gasteiger partial charge is 0.496 e. The van der Waals surface area contributed by atoms with Crippen molar-refractivity contribution in [1.29, 1.82) is 0 Å². The number of thiophene rings is 1. The number of pyridine rings is 1.